The number of sulfonamides is 1. The van der Waals surface area contributed by atoms with Gasteiger partial charge in [-0.3, -0.25) is 4.79 Å². The fourth-order valence-electron chi connectivity index (χ4n) is 3.29. The monoisotopic (exact) mass is 366 g/mol. The average molecular weight is 366 g/mol. The molecular weight excluding hydrogens is 340 g/mol. The fourth-order valence-corrected chi connectivity index (χ4v) is 4.83. The van der Waals surface area contributed by atoms with Crippen molar-refractivity contribution in [2.45, 2.75) is 43.9 Å². The zero-order chi connectivity index (χ0) is 18.0. The molecule has 3 rings (SSSR count). The van der Waals surface area contributed by atoms with E-state index in [1.807, 2.05) is 6.92 Å². The summed E-state index contributed by atoms with van der Waals surface area (Å²) < 4.78 is 32.7. The summed E-state index contributed by atoms with van der Waals surface area (Å²) in [5.41, 5.74) is 0.419. The highest BCUT2D eigenvalue weighted by Crippen LogP contribution is 2.39. The van der Waals surface area contributed by atoms with Crippen LogP contribution in [0.3, 0.4) is 0 Å². The molecule has 1 amide bonds. The minimum Gasteiger partial charge on any atom is -0.495 e. The maximum atomic E-state index is 12.9. The third kappa shape index (κ3) is 3.98. The second-order valence-corrected chi connectivity index (χ2v) is 8.93. The van der Waals surface area contributed by atoms with E-state index in [0.717, 1.165) is 32.1 Å². The maximum absolute atomic E-state index is 12.9. The lowest BCUT2D eigenvalue weighted by Gasteiger charge is -2.21. The Morgan fingerprint density at radius 1 is 1.20 bits per heavy atom. The highest BCUT2D eigenvalue weighted by Gasteiger charge is 2.39. The number of anilines is 1. The van der Waals surface area contributed by atoms with Gasteiger partial charge in [0.15, 0.2) is 0 Å². The highest BCUT2D eigenvalue weighted by molar-refractivity contribution is 7.89. The first kappa shape index (κ1) is 18.2. The van der Waals surface area contributed by atoms with Crippen molar-refractivity contribution in [3.8, 4) is 5.75 Å². The molecule has 1 aliphatic carbocycles. The minimum atomic E-state index is -3.56. The summed E-state index contributed by atoms with van der Waals surface area (Å²) in [6, 6.07) is 4.68. The molecule has 138 valence electrons. The molecule has 1 aromatic carbocycles. The van der Waals surface area contributed by atoms with Crippen LogP contribution in [0.25, 0.3) is 0 Å². The number of carbonyl (C=O) groups is 1. The number of benzene rings is 1. The van der Waals surface area contributed by atoms with Crippen molar-refractivity contribution >= 4 is 21.6 Å². The number of hydrogen-bond acceptors (Lipinski definition) is 4. The molecule has 2 atom stereocenters. The molecule has 6 nitrogen and oxygen atoms in total. The maximum Gasteiger partial charge on any atom is 0.243 e. The summed E-state index contributed by atoms with van der Waals surface area (Å²) in [5.74, 6) is 0.789. The van der Waals surface area contributed by atoms with E-state index in [1.54, 1.807) is 16.4 Å². The van der Waals surface area contributed by atoms with Gasteiger partial charge in [0.05, 0.1) is 17.7 Å². The first-order valence-corrected chi connectivity index (χ1v) is 10.4. The molecule has 1 aromatic rings. The van der Waals surface area contributed by atoms with Gasteiger partial charge in [0.2, 0.25) is 15.9 Å². The summed E-state index contributed by atoms with van der Waals surface area (Å²) >= 11 is 0. The van der Waals surface area contributed by atoms with Crippen LogP contribution in [0.5, 0.6) is 5.75 Å². The predicted molar refractivity (Wildman–Crippen MR) is 96.1 cm³/mol. The fraction of sp³-hybridized carbons (Fsp3) is 0.611. The van der Waals surface area contributed by atoms with E-state index in [2.05, 4.69) is 5.32 Å². The quantitative estimate of drug-likeness (QED) is 0.869. The molecule has 0 radical (unpaired) electrons. The van der Waals surface area contributed by atoms with Crippen LogP contribution in [0.2, 0.25) is 0 Å². The second kappa shape index (κ2) is 7.33. The van der Waals surface area contributed by atoms with Crippen LogP contribution in [0.1, 0.15) is 39.0 Å². The van der Waals surface area contributed by atoms with Gasteiger partial charge in [-0.15, -0.1) is 0 Å². The molecule has 2 aliphatic rings. The molecule has 0 spiro atoms. The lowest BCUT2D eigenvalue weighted by Crippen LogP contribution is -2.32. The lowest BCUT2D eigenvalue weighted by molar-refractivity contribution is -0.117. The number of amides is 1. The van der Waals surface area contributed by atoms with Crippen molar-refractivity contribution in [3.63, 3.8) is 0 Å². The number of rotatable bonds is 5. The van der Waals surface area contributed by atoms with Crippen molar-refractivity contribution in [1.82, 2.24) is 4.31 Å². The van der Waals surface area contributed by atoms with Crippen LogP contribution in [0, 0.1) is 11.8 Å². The molecule has 1 heterocycles. The highest BCUT2D eigenvalue weighted by atomic mass is 32.2. The van der Waals surface area contributed by atoms with Crippen LogP contribution in [-0.2, 0) is 14.8 Å². The number of hydrogen-bond donors (Lipinski definition) is 1. The first-order valence-electron chi connectivity index (χ1n) is 8.92. The van der Waals surface area contributed by atoms with Gasteiger partial charge in [0, 0.05) is 19.0 Å². The van der Waals surface area contributed by atoms with Gasteiger partial charge >= 0.3 is 0 Å². The van der Waals surface area contributed by atoms with Gasteiger partial charge in [-0.05, 0) is 43.4 Å². The van der Waals surface area contributed by atoms with E-state index in [-0.39, 0.29) is 16.7 Å². The van der Waals surface area contributed by atoms with Crippen molar-refractivity contribution in [3.05, 3.63) is 18.2 Å². The van der Waals surface area contributed by atoms with Crippen LogP contribution >= 0.6 is 0 Å². The largest absolute Gasteiger partial charge is 0.495 e. The zero-order valence-corrected chi connectivity index (χ0v) is 15.6. The van der Waals surface area contributed by atoms with E-state index in [4.69, 9.17) is 4.74 Å². The number of ether oxygens (including phenoxy) is 1. The summed E-state index contributed by atoms with van der Waals surface area (Å²) in [6.07, 6.45) is 4.78. The van der Waals surface area contributed by atoms with Crippen molar-refractivity contribution in [1.29, 1.82) is 0 Å². The minimum absolute atomic E-state index is 0.00979. The smallest absolute Gasteiger partial charge is 0.243 e. The Labute approximate surface area is 149 Å². The van der Waals surface area contributed by atoms with Gasteiger partial charge in [-0.2, -0.15) is 4.31 Å². The summed E-state index contributed by atoms with van der Waals surface area (Å²) in [6.45, 7) is 3.13. The predicted octanol–water partition coefficient (Wildman–Crippen LogP) is 2.85. The molecule has 1 aliphatic heterocycles. The van der Waals surface area contributed by atoms with Crippen molar-refractivity contribution in [2.75, 3.05) is 25.5 Å². The van der Waals surface area contributed by atoms with Crippen LogP contribution < -0.4 is 10.1 Å². The van der Waals surface area contributed by atoms with Gasteiger partial charge in [-0.1, -0.05) is 19.8 Å². The molecule has 0 unspecified atom stereocenters. The number of methoxy groups -OCH3 is 1. The molecule has 1 saturated carbocycles. The van der Waals surface area contributed by atoms with Gasteiger partial charge in [-0.25, -0.2) is 8.42 Å². The SMILES string of the molecule is COc1ccc(S(=O)(=O)N2CCCCCC2)cc1NC(=O)[C@H]1C[C@@H]1C. The van der Waals surface area contributed by atoms with E-state index < -0.39 is 10.0 Å². The normalized spacial score (nSPS) is 24.4. The molecule has 0 bridgehead atoms. The van der Waals surface area contributed by atoms with Gasteiger partial charge < -0.3 is 10.1 Å². The van der Waals surface area contributed by atoms with Crippen molar-refractivity contribution < 1.29 is 17.9 Å². The summed E-state index contributed by atoms with van der Waals surface area (Å²) in [5, 5.41) is 2.83. The lowest BCUT2D eigenvalue weighted by atomic mass is 10.2. The van der Waals surface area contributed by atoms with Crippen LogP contribution in [-0.4, -0.2) is 38.8 Å². The molecule has 1 N–H and O–H groups in total. The summed E-state index contributed by atoms with van der Waals surface area (Å²) in [7, 11) is -2.05. The van der Waals surface area contributed by atoms with Gasteiger partial charge in [0.1, 0.15) is 5.75 Å². The van der Waals surface area contributed by atoms with Crippen LogP contribution in [0.15, 0.2) is 23.1 Å². The molecular formula is C18H26N2O4S. The Morgan fingerprint density at radius 2 is 1.84 bits per heavy atom. The van der Waals surface area contributed by atoms with E-state index in [0.29, 0.717) is 30.4 Å². The summed E-state index contributed by atoms with van der Waals surface area (Å²) in [4.78, 5) is 12.4. The Bertz CT molecular complexity index is 739. The molecule has 2 fully saturated rings. The zero-order valence-electron chi connectivity index (χ0n) is 14.8. The molecule has 25 heavy (non-hydrogen) atoms. The van der Waals surface area contributed by atoms with Gasteiger partial charge in [0.25, 0.3) is 0 Å². The van der Waals surface area contributed by atoms with Crippen molar-refractivity contribution in [2.24, 2.45) is 11.8 Å². The Hall–Kier alpha value is -1.60. The second-order valence-electron chi connectivity index (χ2n) is 6.99. The first-order chi connectivity index (χ1) is 11.9. The number of carbonyl (C=O) groups excluding carboxylic acids is 1. The Kier molecular flexibility index (Phi) is 5.34. The molecule has 1 saturated heterocycles. The van der Waals surface area contributed by atoms with E-state index in [1.165, 1.54) is 13.2 Å². The molecule has 0 aromatic heterocycles. The third-order valence-corrected chi connectivity index (χ3v) is 6.97. The third-order valence-electron chi connectivity index (χ3n) is 5.08. The van der Waals surface area contributed by atoms with E-state index >= 15 is 0 Å². The van der Waals surface area contributed by atoms with Crippen LogP contribution in [0.4, 0.5) is 5.69 Å². The average Bonchev–Trinajstić information content (AvgIpc) is 3.37. The Balaban J connectivity index is 1.86. The van der Waals surface area contributed by atoms with E-state index in [9.17, 15) is 13.2 Å². The number of nitrogens with zero attached hydrogens (tertiary/aromatic N) is 1. The molecule has 7 heteroatoms. The Morgan fingerprint density at radius 3 is 2.40 bits per heavy atom. The topological polar surface area (TPSA) is 75.7 Å². The standard InChI is InChI=1S/C18H26N2O4S/c1-13-11-15(13)18(21)19-16-12-14(7-8-17(16)24-2)25(22,23)20-9-5-3-4-6-10-20/h7-8,12-13,15H,3-6,9-11H2,1-2H3,(H,19,21)/t13-,15-/m0/s1. The number of nitrogens with one attached hydrogen (secondary N) is 1.